The van der Waals surface area contributed by atoms with Gasteiger partial charge in [-0.25, -0.2) is 13.1 Å². The van der Waals surface area contributed by atoms with Crippen molar-refractivity contribution in [2.24, 2.45) is 5.92 Å². The number of hydrogen-bond acceptors (Lipinski definition) is 4. The van der Waals surface area contributed by atoms with Gasteiger partial charge in [0.25, 0.3) is 5.91 Å². The van der Waals surface area contributed by atoms with Gasteiger partial charge in [0.1, 0.15) is 10.6 Å². The Hall–Kier alpha value is -1.60. The molecule has 25 heavy (non-hydrogen) atoms. The summed E-state index contributed by atoms with van der Waals surface area (Å²) in [5.74, 6) is 0.531. The summed E-state index contributed by atoms with van der Waals surface area (Å²) in [5, 5.41) is 2.94. The van der Waals surface area contributed by atoms with E-state index in [1.54, 1.807) is 6.07 Å². The Labute approximate surface area is 149 Å². The second-order valence-corrected chi connectivity index (χ2v) is 8.66. The number of carbonyl (C=O) groups excluding carboxylic acids is 1. The fourth-order valence-electron chi connectivity index (χ4n) is 3.24. The van der Waals surface area contributed by atoms with Crippen LogP contribution in [0.2, 0.25) is 0 Å². The third kappa shape index (κ3) is 4.73. The Morgan fingerprint density at radius 1 is 1.16 bits per heavy atom. The molecule has 1 aromatic carbocycles. The van der Waals surface area contributed by atoms with Crippen LogP contribution in [-0.4, -0.2) is 34.0 Å². The zero-order chi connectivity index (χ0) is 17.9. The molecule has 2 N–H and O–H groups in total. The summed E-state index contributed by atoms with van der Waals surface area (Å²) in [6.45, 7) is 0.646. The molecule has 2 aliphatic rings. The third-order valence-corrected chi connectivity index (χ3v) is 6.43. The quantitative estimate of drug-likeness (QED) is 0.776. The summed E-state index contributed by atoms with van der Waals surface area (Å²) < 4.78 is 32.8. The number of sulfonamides is 1. The van der Waals surface area contributed by atoms with Gasteiger partial charge in [0, 0.05) is 18.2 Å². The minimum Gasteiger partial charge on any atom is -0.495 e. The fraction of sp³-hybridized carbons (Fsp3) is 0.611. The average molecular weight is 366 g/mol. The number of carbonyl (C=O) groups is 1. The van der Waals surface area contributed by atoms with Gasteiger partial charge < -0.3 is 10.1 Å². The monoisotopic (exact) mass is 366 g/mol. The van der Waals surface area contributed by atoms with Crippen molar-refractivity contribution in [3.8, 4) is 5.75 Å². The maximum Gasteiger partial charge on any atom is 0.251 e. The first-order valence-corrected chi connectivity index (χ1v) is 10.5. The van der Waals surface area contributed by atoms with Crippen LogP contribution in [0.1, 0.15) is 55.3 Å². The first-order valence-electron chi connectivity index (χ1n) is 8.98. The molecular weight excluding hydrogens is 340 g/mol. The van der Waals surface area contributed by atoms with E-state index in [0.29, 0.717) is 18.0 Å². The number of benzene rings is 1. The molecule has 0 atom stereocenters. The molecule has 2 aliphatic carbocycles. The molecular formula is C18H26N2O4S. The smallest absolute Gasteiger partial charge is 0.251 e. The standard InChI is InChI=1S/C18H26N2O4S/c1-24-16-10-7-14(11-17(16)25(22,23)20-15-8-9-15)18(21)19-12-13-5-3-2-4-6-13/h7,10-11,13,15,20H,2-6,8-9,12H2,1H3,(H,19,21). The molecule has 0 aliphatic heterocycles. The van der Waals surface area contributed by atoms with Crippen LogP contribution >= 0.6 is 0 Å². The van der Waals surface area contributed by atoms with Crippen molar-refractivity contribution >= 4 is 15.9 Å². The Balaban J connectivity index is 1.72. The summed E-state index contributed by atoms with van der Waals surface area (Å²) in [6, 6.07) is 4.54. The molecule has 138 valence electrons. The van der Waals surface area contributed by atoms with Crippen LogP contribution in [0, 0.1) is 5.92 Å². The van der Waals surface area contributed by atoms with Crippen LogP contribution in [-0.2, 0) is 10.0 Å². The number of methoxy groups -OCH3 is 1. The van der Waals surface area contributed by atoms with E-state index in [4.69, 9.17) is 4.74 Å². The fourth-order valence-corrected chi connectivity index (χ4v) is 4.74. The minimum absolute atomic E-state index is 0.00140. The number of amides is 1. The van der Waals surface area contributed by atoms with Crippen LogP contribution in [0.4, 0.5) is 0 Å². The lowest BCUT2D eigenvalue weighted by Gasteiger charge is -2.21. The highest BCUT2D eigenvalue weighted by Gasteiger charge is 2.30. The second-order valence-electron chi connectivity index (χ2n) is 6.98. The van der Waals surface area contributed by atoms with Gasteiger partial charge in [0.2, 0.25) is 10.0 Å². The van der Waals surface area contributed by atoms with Crippen molar-refractivity contribution in [1.82, 2.24) is 10.0 Å². The highest BCUT2D eigenvalue weighted by molar-refractivity contribution is 7.89. The summed E-state index contributed by atoms with van der Waals surface area (Å²) in [4.78, 5) is 12.5. The van der Waals surface area contributed by atoms with E-state index in [-0.39, 0.29) is 22.6 Å². The van der Waals surface area contributed by atoms with E-state index >= 15 is 0 Å². The van der Waals surface area contributed by atoms with Gasteiger partial charge in [-0.2, -0.15) is 0 Å². The molecule has 0 radical (unpaired) electrons. The van der Waals surface area contributed by atoms with E-state index < -0.39 is 10.0 Å². The molecule has 1 amide bonds. The molecule has 0 heterocycles. The Morgan fingerprint density at radius 2 is 1.88 bits per heavy atom. The van der Waals surface area contributed by atoms with Gasteiger partial charge in [0.15, 0.2) is 0 Å². The number of ether oxygens (including phenoxy) is 1. The molecule has 7 heteroatoms. The van der Waals surface area contributed by atoms with E-state index in [0.717, 1.165) is 25.7 Å². The molecule has 2 saturated carbocycles. The molecule has 6 nitrogen and oxygen atoms in total. The number of hydrogen-bond donors (Lipinski definition) is 2. The Bertz CT molecular complexity index is 723. The van der Waals surface area contributed by atoms with Crippen molar-refractivity contribution < 1.29 is 17.9 Å². The van der Waals surface area contributed by atoms with Crippen LogP contribution < -0.4 is 14.8 Å². The van der Waals surface area contributed by atoms with E-state index in [2.05, 4.69) is 10.0 Å². The van der Waals surface area contributed by atoms with Crippen LogP contribution in [0.5, 0.6) is 5.75 Å². The zero-order valence-corrected chi connectivity index (χ0v) is 15.4. The third-order valence-electron chi connectivity index (χ3n) is 4.89. The molecule has 0 saturated heterocycles. The SMILES string of the molecule is COc1ccc(C(=O)NCC2CCCCC2)cc1S(=O)(=O)NC1CC1. The molecule has 0 spiro atoms. The van der Waals surface area contributed by atoms with Gasteiger partial charge in [-0.15, -0.1) is 0 Å². The van der Waals surface area contributed by atoms with Crippen molar-refractivity contribution in [3.63, 3.8) is 0 Å². The first-order chi connectivity index (χ1) is 12.0. The molecule has 0 bridgehead atoms. The number of rotatable bonds is 7. The van der Waals surface area contributed by atoms with Crippen LogP contribution in [0.3, 0.4) is 0 Å². The molecule has 3 rings (SSSR count). The largest absolute Gasteiger partial charge is 0.495 e. The highest BCUT2D eigenvalue weighted by Crippen LogP contribution is 2.28. The van der Waals surface area contributed by atoms with E-state index in [1.807, 2.05) is 0 Å². The lowest BCUT2D eigenvalue weighted by Crippen LogP contribution is -2.31. The van der Waals surface area contributed by atoms with Crippen molar-refractivity contribution in [2.75, 3.05) is 13.7 Å². The van der Waals surface area contributed by atoms with Gasteiger partial charge in [-0.1, -0.05) is 19.3 Å². The molecule has 0 unspecified atom stereocenters. The maximum atomic E-state index is 12.5. The summed E-state index contributed by atoms with van der Waals surface area (Å²) in [5.41, 5.74) is 0.341. The van der Waals surface area contributed by atoms with Gasteiger partial charge >= 0.3 is 0 Å². The predicted octanol–water partition coefficient (Wildman–Crippen LogP) is 2.45. The van der Waals surface area contributed by atoms with Crippen LogP contribution in [0.15, 0.2) is 23.1 Å². The molecule has 0 aromatic heterocycles. The molecule has 1 aromatic rings. The normalized spacial score (nSPS) is 18.8. The summed E-state index contributed by atoms with van der Waals surface area (Å²) >= 11 is 0. The van der Waals surface area contributed by atoms with E-state index in [1.165, 1.54) is 38.5 Å². The maximum absolute atomic E-state index is 12.5. The summed E-state index contributed by atoms with van der Waals surface area (Å²) in [7, 11) is -2.26. The van der Waals surface area contributed by atoms with Gasteiger partial charge in [-0.3, -0.25) is 4.79 Å². The van der Waals surface area contributed by atoms with Gasteiger partial charge in [-0.05, 0) is 49.8 Å². The predicted molar refractivity (Wildman–Crippen MR) is 95.2 cm³/mol. The van der Waals surface area contributed by atoms with Crippen molar-refractivity contribution in [1.29, 1.82) is 0 Å². The Kier molecular flexibility index (Phi) is 5.64. The van der Waals surface area contributed by atoms with Gasteiger partial charge in [0.05, 0.1) is 7.11 Å². The molecule has 2 fully saturated rings. The topological polar surface area (TPSA) is 84.5 Å². The zero-order valence-electron chi connectivity index (χ0n) is 14.6. The van der Waals surface area contributed by atoms with Crippen molar-refractivity contribution in [2.45, 2.75) is 55.9 Å². The van der Waals surface area contributed by atoms with E-state index in [9.17, 15) is 13.2 Å². The first kappa shape index (κ1) is 18.2. The minimum atomic E-state index is -3.69. The van der Waals surface area contributed by atoms with Crippen molar-refractivity contribution in [3.05, 3.63) is 23.8 Å². The summed E-state index contributed by atoms with van der Waals surface area (Å²) in [6.07, 6.45) is 7.71. The average Bonchev–Trinajstić information content (AvgIpc) is 3.43. The van der Waals surface area contributed by atoms with Crippen LogP contribution in [0.25, 0.3) is 0 Å². The lowest BCUT2D eigenvalue weighted by atomic mass is 9.89. The second kappa shape index (κ2) is 7.74. The lowest BCUT2D eigenvalue weighted by molar-refractivity contribution is 0.0943. The number of nitrogens with one attached hydrogen (secondary N) is 2. The highest BCUT2D eigenvalue weighted by atomic mass is 32.2. The Morgan fingerprint density at radius 3 is 2.52 bits per heavy atom.